The first-order chi connectivity index (χ1) is 12.3. The van der Waals surface area contributed by atoms with E-state index in [0.29, 0.717) is 23.3 Å². The fourth-order valence-electron chi connectivity index (χ4n) is 4.61. The molecular weight excluding hydrogens is 328 g/mol. The molecule has 1 aliphatic heterocycles. The van der Waals surface area contributed by atoms with Gasteiger partial charge < -0.3 is 14.9 Å². The fourth-order valence-corrected chi connectivity index (χ4v) is 4.61. The van der Waals surface area contributed by atoms with Crippen LogP contribution in [-0.4, -0.2) is 21.8 Å². The van der Waals surface area contributed by atoms with Crippen LogP contribution >= 0.6 is 0 Å². The molecule has 0 aromatic heterocycles. The molecule has 26 heavy (non-hydrogen) atoms. The summed E-state index contributed by atoms with van der Waals surface area (Å²) in [4.78, 5) is 12.1. The number of aromatic carboxylic acids is 1. The van der Waals surface area contributed by atoms with Gasteiger partial charge in [-0.15, -0.1) is 0 Å². The van der Waals surface area contributed by atoms with Crippen LogP contribution in [0.15, 0.2) is 17.7 Å². The Morgan fingerprint density at radius 2 is 2.08 bits per heavy atom. The first kappa shape index (κ1) is 18.8. The number of carbonyl (C=O) groups is 1. The van der Waals surface area contributed by atoms with Gasteiger partial charge >= 0.3 is 5.97 Å². The number of fused-ring (bicyclic) bond motifs is 3. The number of hydrogen-bond donors (Lipinski definition) is 2. The van der Waals surface area contributed by atoms with Crippen molar-refractivity contribution in [1.82, 2.24) is 0 Å². The van der Waals surface area contributed by atoms with E-state index in [1.165, 1.54) is 5.57 Å². The summed E-state index contributed by atoms with van der Waals surface area (Å²) in [5.41, 5.74) is 2.39. The zero-order valence-electron chi connectivity index (χ0n) is 16.3. The van der Waals surface area contributed by atoms with Crippen molar-refractivity contribution in [2.75, 3.05) is 0 Å². The number of aryl methyl sites for hydroxylation is 1. The molecule has 2 N–H and O–H groups in total. The number of benzene rings is 1. The van der Waals surface area contributed by atoms with E-state index in [9.17, 15) is 15.0 Å². The van der Waals surface area contributed by atoms with Gasteiger partial charge in [-0.3, -0.25) is 0 Å². The number of unbranched alkanes of at least 4 members (excludes halogenated alkanes) is 2. The van der Waals surface area contributed by atoms with E-state index in [1.807, 2.05) is 13.8 Å². The molecule has 1 aliphatic carbocycles. The van der Waals surface area contributed by atoms with Gasteiger partial charge in [-0.1, -0.05) is 31.4 Å². The normalized spacial score (nSPS) is 23.5. The second kappa shape index (κ2) is 6.98. The first-order valence-corrected chi connectivity index (χ1v) is 9.74. The smallest absolute Gasteiger partial charge is 0.339 e. The number of rotatable bonds is 5. The Morgan fingerprint density at radius 3 is 2.73 bits per heavy atom. The van der Waals surface area contributed by atoms with Crippen LogP contribution in [0.4, 0.5) is 0 Å². The van der Waals surface area contributed by atoms with Crippen molar-refractivity contribution in [2.24, 2.45) is 5.92 Å². The van der Waals surface area contributed by atoms with Crippen molar-refractivity contribution in [3.05, 3.63) is 34.4 Å². The highest BCUT2D eigenvalue weighted by molar-refractivity contribution is 5.94. The van der Waals surface area contributed by atoms with Crippen LogP contribution in [-0.2, 0) is 6.42 Å². The van der Waals surface area contributed by atoms with Gasteiger partial charge in [0.1, 0.15) is 22.7 Å². The summed E-state index contributed by atoms with van der Waals surface area (Å²) in [5, 5.41) is 20.7. The maximum absolute atomic E-state index is 12.1. The standard InChI is InChI=1S/C22H30O4/c1-5-6-7-8-14-12-17(23)19-15-11-13(2)9-10-16(15)22(3,4)26-20(19)18(14)21(24)25/h11-12,15-16,23H,5-10H2,1-4H3,(H,24,25)/t15-,16+/m0/s1. The van der Waals surface area contributed by atoms with Crippen LogP contribution in [0.2, 0.25) is 0 Å². The van der Waals surface area contributed by atoms with E-state index < -0.39 is 11.6 Å². The van der Waals surface area contributed by atoms with Crippen molar-refractivity contribution < 1.29 is 19.7 Å². The molecule has 0 amide bonds. The topological polar surface area (TPSA) is 66.8 Å². The molecule has 4 heteroatoms. The predicted octanol–water partition coefficient (Wildman–Crippen LogP) is 5.43. The summed E-state index contributed by atoms with van der Waals surface area (Å²) in [6.45, 7) is 8.29. The Kier molecular flexibility index (Phi) is 5.05. The van der Waals surface area contributed by atoms with E-state index >= 15 is 0 Å². The highest BCUT2D eigenvalue weighted by Gasteiger charge is 2.47. The summed E-state index contributed by atoms with van der Waals surface area (Å²) in [6.07, 6.45) is 7.85. The molecular formula is C22H30O4. The molecule has 0 saturated carbocycles. The minimum Gasteiger partial charge on any atom is -0.507 e. The van der Waals surface area contributed by atoms with Gasteiger partial charge in [0.25, 0.3) is 0 Å². The van der Waals surface area contributed by atoms with Crippen molar-refractivity contribution in [3.8, 4) is 11.5 Å². The minimum absolute atomic E-state index is 0.00490. The molecule has 2 aliphatic rings. The highest BCUT2D eigenvalue weighted by Crippen LogP contribution is 2.54. The summed E-state index contributed by atoms with van der Waals surface area (Å²) in [5.74, 6) is -0.185. The lowest BCUT2D eigenvalue weighted by Crippen LogP contribution is -2.45. The zero-order chi connectivity index (χ0) is 19.1. The van der Waals surface area contributed by atoms with E-state index in [2.05, 4.69) is 19.9 Å². The lowest BCUT2D eigenvalue weighted by molar-refractivity contribution is 0.00917. The number of allylic oxidation sites excluding steroid dienone is 2. The van der Waals surface area contributed by atoms with Gasteiger partial charge in [0.15, 0.2) is 0 Å². The molecule has 0 bridgehead atoms. The monoisotopic (exact) mass is 358 g/mol. The second-order valence-corrected chi connectivity index (χ2v) is 8.32. The number of phenols is 1. The van der Waals surface area contributed by atoms with E-state index in [4.69, 9.17) is 4.74 Å². The number of hydrogen-bond acceptors (Lipinski definition) is 3. The predicted molar refractivity (Wildman–Crippen MR) is 102 cm³/mol. The van der Waals surface area contributed by atoms with Gasteiger partial charge in [-0.05, 0) is 58.1 Å². The molecule has 142 valence electrons. The van der Waals surface area contributed by atoms with E-state index in [0.717, 1.165) is 32.1 Å². The Bertz CT molecular complexity index is 745. The Labute approximate surface area is 155 Å². The maximum Gasteiger partial charge on any atom is 0.339 e. The van der Waals surface area contributed by atoms with Crippen LogP contribution in [0.25, 0.3) is 0 Å². The van der Waals surface area contributed by atoms with Gasteiger partial charge in [-0.25, -0.2) is 4.79 Å². The lowest BCUT2D eigenvalue weighted by Gasteiger charge is -2.47. The number of phenolic OH excluding ortho intramolecular Hbond substituents is 1. The summed E-state index contributed by atoms with van der Waals surface area (Å²) in [6, 6.07) is 1.66. The largest absolute Gasteiger partial charge is 0.507 e. The summed E-state index contributed by atoms with van der Waals surface area (Å²) >= 11 is 0. The van der Waals surface area contributed by atoms with Gasteiger partial charge in [-0.2, -0.15) is 0 Å². The molecule has 1 aromatic carbocycles. The van der Waals surface area contributed by atoms with E-state index in [-0.39, 0.29) is 23.1 Å². The second-order valence-electron chi connectivity index (χ2n) is 8.32. The third-order valence-corrected chi connectivity index (χ3v) is 5.98. The van der Waals surface area contributed by atoms with Gasteiger partial charge in [0.05, 0.1) is 0 Å². The Morgan fingerprint density at radius 1 is 1.35 bits per heavy atom. The number of carboxylic acid groups (broad SMARTS) is 1. The molecule has 0 spiro atoms. The average molecular weight is 358 g/mol. The fraction of sp³-hybridized carbons (Fsp3) is 0.591. The average Bonchev–Trinajstić information content (AvgIpc) is 2.53. The molecule has 1 heterocycles. The molecule has 1 aromatic rings. The summed E-state index contributed by atoms with van der Waals surface area (Å²) in [7, 11) is 0. The SMILES string of the molecule is CCCCCc1cc(O)c2c(c1C(=O)O)OC(C)(C)[C@@H]1CCC(C)=C[C@H]21. The third kappa shape index (κ3) is 3.22. The maximum atomic E-state index is 12.1. The zero-order valence-corrected chi connectivity index (χ0v) is 16.3. The van der Waals surface area contributed by atoms with Crippen molar-refractivity contribution in [2.45, 2.75) is 77.7 Å². The first-order valence-electron chi connectivity index (χ1n) is 9.74. The van der Waals surface area contributed by atoms with Crippen LogP contribution in [0.3, 0.4) is 0 Å². The van der Waals surface area contributed by atoms with Crippen molar-refractivity contribution >= 4 is 5.97 Å². The van der Waals surface area contributed by atoms with Crippen molar-refractivity contribution in [1.29, 1.82) is 0 Å². The van der Waals surface area contributed by atoms with Gasteiger partial charge in [0, 0.05) is 17.4 Å². The number of ether oxygens (including phenoxy) is 1. The minimum atomic E-state index is -0.974. The molecule has 0 fully saturated rings. The molecule has 0 radical (unpaired) electrons. The van der Waals surface area contributed by atoms with Crippen LogP contribution in [0, 0.1) is 5.92 Å². The highest BCUT2D eigenvalue weighted by atomic mass is 16.5. The molecule has 0 unspecified atom stereocenters. The van der Waals surface area contributed by atoms with Crippen molar-refractivity contribution in [3.63, 3.8) is 0 Å². The third-order valence-electron chi connectivity index (χ3n) is 5.98. The number of carboxylic acids is 1. The Balaban J connectivity index is 2.18. The van der Waals surface area contributed by atoms with Crippen LogP contribution < -0.4 is 4.74 Å². The van der Waals surface area contributed by atoms with E-state index in [1.54, 1.807) is 6.07 Å². The molecule has 2 atom stereocenters. The van der Waals surface area contributed by atoms with Crippen LogP contribution in [0.5, 0.6) is 11.5 Å². The van der Waals surface area contributed by atoms with Crippen LogP contribution in [0.1, 0.15) is 87.2 Å². The molecule has 4 nitrogen and oxygen atoms in total. The molecule has 0 saturated heterocycles. The molecule has 3 rings (SSSR count). The Hall–Kier alpha value is -1.97. The quantitative estimate of drug-likeness (QED) is 0.544. The van der Waals surface area contributed by atoms with Gasteiger partial charge in [0.2, 0.25) is 0 Å². The lowest BCUT2D eigenvalue weighted by atomic mass is 9.67. The number of aromatic hydroxyl groups is 1. The summed E-state index contributed by atoms with van der Waals surface area (Å²) < 4.78 is 6.27.